The topological polar surface area (TPSA) is 80.7 Å². The van der Waals surface area contributed by atoms with Crippen LogP contribution in [0.3, 0.4) is 0 Å². The maximum Gasteiger partial charge on any atom is 0.458 e. The van der Waals surface area contributed by atoms with Gasteiger partial charge >= 0.3 is 33.2 Å². The van der Waals surface area contributed by atoms with Gasteiger partial charge in [0.25, 0.3) is 0 Å². The second kappa shape index (κ2) is 6.84. The summed E-state index contributed by atoms with van der Waals surface area (Å²) in [6.45, 7) is 0. The van der Waals surface area contributed by atoms with Gasteiger partial charge in [-0.2, -0.15) is 30.4 Å². The lowest BCUT2D eigenvalue weighted by atomic mass is 9.70. The molecule has 1 N–H and O–H groups in total. The van der Waals surface area contributed by atoms with Crippen LogP contribution in [0.5, 0.6) is 0 Å². The van der Waals surface area contributed by atoms with E-state index in [1.54, 1.807) is 0 Å². The van der Waals surface area contributed by atoms with Crippen molar-refractivity contribution in [3.63, 3.8) is 0 Å². The number of halogens is 6. The van der Waals surface area contributed by atoms with Crippen molar-refractivity contribution in [3.8, 4) is 0 Å². The van der Waals surface area contributed by atoms with E-state index in [9.17, 15) is 39.6 Å². The van der Waals surface area contributed by atoms with E-state index < -0.39 is 39.3 Å². The molecule has 0 amide bonds. The number of rotatable bonds is 4. The predicted octanol–water partition coefficient (Wildman–Crippen LogP) is 3.64. The van der Waals surface area contributed by atoms with Gasteiger partial charge in [-0.3, -0.25) is 4.55 Å². The summed E-state index contributed by atoms with van der Waals surface area (Å²) in [5.41, 5.74) is 0. The van der Waals surface area contributed by atoms with Crippen LogP contribution in [0.1, 0.15) is 44.9 Å². The summed E-state index contributed by atoms with van der Waals surface area (Å²) in [6, 6.07) is 0. The summed E-state index contributed by atoms with van der Waals surface area (Å²) in [5, 5.41) is -5.97. The van der Waals surface area contributed by atoms with Crippen molar-refractivity contribution in [2.75, 3.05) is 0 Å². The molecule has 0 bridgehead atoms. The molecule has 4 atom stereocenters. The molecule has 0 aromatic heterocycles. The summed E-state index contributed by atoms with van der Waals surface area (Å²) in [6.07, 6.45) is -3.68. The molecule has 5 nitrogen and oxygen atoms in total. The van der Waals surface area contributed by atoms with E-state index in [0.29, 0.717) is 12.3 Å². The first-order valence-corrected chi connectivity index (χ1v) is 9.47. The normalized spacial score (nSPS) is 30.2. The first-order chi connectivity index (χ1) is 11.7. The Bertz CT molecular complexity index is 649. The van der Waals surface area contributed by atoms with Gasteiger partial charge in [0.1, 0.15) is 6.10 Å². The van der Waals surface area contributed by atoms with Crippen LogP contribution in [0.4, 0.5) is 26.3 Å². The third-order valence-corrected chi connectivity index (χ3v) is 6.28. The van der Waals surface area contributed by atoms with E-state index >= 15 is 0 Å². The molecule has 12 heteroatoms. The maximum absolute atomic E-state index is 14.3. The molecule has 152 valence electrons. The second-order valence-electron chi connectivity index (χ2n) is 6.79. The molecule has 2 rings (SSSR count). The van der Waals surface area contributed by atoms with Crippen LogP contribution < -0.4 is 0 Å². The lowest BCUT2D eigenvalue weighted by molar-refractivity contribution is -0.311. The smallest absolute Gasteiger partial charge is 0.458 e. The Morgan fingerprint density at radius 1 is 0.923 bits per heavy atom. The highest BCUT2D eigenvalue weighted by Gasteiger charge is 2.82. The van der Waals surface area contributed by atoms with Gasteiger partial charge in [0, 0.05) is 0 Å². The number of carbonyl (C=O) groups excluding carboxylic acids is 1. The Balaban J connectivity index is 2.23. The number of alkyl halides is 6. The first kappa shape index (κ1) is 21.3. The van der Waals surface area contributed by atoms with E-state index in [1.165, 1.54) is 0 Å². The Morgan fingerprint density at radius 3 is 1.96 bits per heavy atom. The van der Waals surface area contributed by atoms with Crippen LogP contribution in [0.2, 0.25) is 0 Å². The Hall–Kier alpha value is -1.04. The Kier molecular flexibility index (Phi) is 5.60. The molecule has 2 aliphatic carbocycles. The lowest BCUT2D eigenvalue weighted by Crippen LogP contribution is -2.63. The fraction of sp³-hybridized carbons (Fsp3) is 0.929. The number of carbonyl (C=O) groups is 1. The zero-order valence-corrected chi connectivity index (χ0v) is 14.3. The van der Waals surface area contributed by atoms with E-state index in [2.05, 4.69) is 4.74 Å². The molecule has 0 saturated heterocycles. The highest BCUT2D eigenvalue weighted by atomic mass is 32.2. The van der Waals surface area contributed by atoms with Crippen molar-refractivity contribution in [2.45, 2.75) is 68.1 Å². The molecule has 0 spiro atoms. The molecule has 0 radical (unpaired) electrons. The van der Waals surface area contributed by atoms with Crippen molar-refractivity contribution >= 4 is 16.1 Å². The summed E-state index contributed by atoms with van der Waals surface area (Å²) >= 11 is 0. The quantitative estimate of drug-likeness (QED) is 0.433. The van der Waals surface area contributed by atoms with Crippen LogP contribution >= 0.6 is 0 Å². The summed E-state index contributed by atoms with van der Waals surface area (Å²) < 4.78 is 113. The Morgan fingerprint density at radius 2 is 1.46 bits per heavy atom. The number of fused-ring (bicyclic) bond motifs is 1. The van der Waals surface area contributed by atoms with E-state index in [-0.39, 0.29) is 18.8 Å². The van der Waals surface area contributed by atoms with Gasteiger partial charge in [-0.25, -0.2) is 9.18 Å². The third kappa shape index (κ3) is 3.54. The van der Waals surface area contributed by atoms with Gasteiger partial charge in [-0.05, 0) is 31.1 Å². The van der Waals surface area contributed by atoms with Crippen molar-refractivity contribution in [1.29, 1.82) is 0 Å². The van der Waals surface area contributed by atoms with Gasteiger partial charge in [0.05, 0.1) is 0 Å². The standard InChI is InChI=1S/C14H18F6O5S/c15-12(26(22,23)24,13(16,17)14(18,19)20)11(21)25-10-6-5-8-3-1-2-4-9(8)7-10/h8-10H,1-7H2,(H,22,23,24). The molecule has 0 aliphatic heterocycles. The molecular formula is C14H18F6O5S. The van der Waals surface area contributed by atoms with E-state index in [0.717, 1.165) is 25.7 Å². The minimum atomic E-state index is -6.79. The average Bonchev–Trinajstić information content (AvgIpc) is 2.51. The van der Waals surface area contributed by atoms with Crippen molar-refractivity contribution < 1.29 is 48.8 Å². The largest absolute Gasteiger partial charge is 0.459 e. The number of hydrogen-bond acceptors (Lipinski definition) is 4. The number of esters is 1. The third-order valence-electron chi connectivity index (χ3n) is 5.14. The molecule has 0 aromatic carbocycles. The molecule has 0 heterocycles. The molecule has 2 fully saturated rings. The summed E-state index contributed by atoms with van der Waals surface area (Å²) in [7, 11) is -6.79. The van der Waals surface area contributed by atoms with Crippen LogP contribution in [0, 0.1) is 11.8 Å². The molecule has 0 aromatic rings. The average molecular weight is 412 g/mol. The fourth-order valence-electron chi connectivity index (χ4n) is 3.74. The van der Waals surface area contributed by atoms with Crippen LogP contribution in [0.25, 0.3) is 0 Å². The fourth-order valence-corrected chi connectivity index (χ4v) is 4.44. The second-order valence-corrected chi connectivity index (χ2v) is 8.30. The Labute approximate surface area is 145 Å². The van der Waals surface area contributed by atoms with Crippen LogP contribution in [-0.2, 0) is 19.6 Å². The van der Waals surface area contributed by atoms with Crippen molar-refractivity contribution in [1.82, 2.24) is 0 Å². The lowest BCUT2D eigenvalue weighted by Gasteiger charge is -2.39. The minimum absolute atomic E-state index is 0.0400. The first-order valence-electron chi connectivity index (χ1n) is 8.03. The van der Waals surface area contributed by atoms with Gasteiger partial charge in [0.2, 0.25) is 0 Å². The van der Waals surface area contributed by atoms with E-state index in [1.807, 2.05) is 0 Å². The van der Waals surface area contributed by atoms with Gasteiger partial charge in [0.15, 0.2) is 0 Å². The maximum atomic E-state index is 14.3. The molecule has 26 heavy (non-hydrogen) atoms. The molecular weight excluding hydrogens is 394 g/mol. The molecule has 4 unspecified atom stereocenters. The highest BCUT2D eigenvalue weighted by molar-refractivity contribution is 7.88. The van der Waals surface area contributed by atoms with Crippen molar-refractivity contribution in [3.05, 3.63) is 0 Å². The molecule has 2 saturated carbocycles. The SMILES string of the molecule is O=C(OC1CCC2CCCCC2C1)C(F)(C(F)(F)C(F)(F)F)S(=O)(=O)O. The summed E-state index contributed by atoms with van der Waals surface area (Å²) in [5.74, 6) is -9.31. The zero-order chi connectivity index (χ0) is 20.0. The van der Waals surface area contributed by atoms with Crippen LogP contribution in [0.15, 0.2) is 0 Å². The van der Waals surface area contributed by atoms with Gasteiger partial charge in [-0.15, -0.1) is 0 Å². The molecule has 2 aliphatic rings. The number of hydrogen-bond donors (Lipinski definition) is 1. The monoisotopic (exact) mass is 412 g/mol. The van der Waals surface area contributed by atoms with Gasteiger partial charge < -0.3 is 4.74 Å². The van der Waals surface area contributed by atoms with Crippen molar-refractivity contribution in [2.24, 2.45) is 11.8 Å². The van der Waals surface area contributed by atoms with Gasteiger partial charge in [-0.1, -0.05) is 25.7 Å². The highest BCUT2D eigenvalue weighted by Crippen LogP contribution is 2.49. The summed E-state index contributed by atoms with van der Waals surface area (Å²) in [4.78, 5) is 11.7. The predicted molar refractivity (Wildman–Crippen MR) is 75.6 cm³/mol. The number of ether oxygens (including phenoxy) is 1. The van der Waals surface area contributed by atoms with Crippen LogP contribution in [-0.4, -0.2) is 42.1 Å². The van der Waals surface area contributed by atoms with E-state index in [4.69, 9.17) is 4.55 Å². The minimum Gasteiger partial charge on any atom is -0.459 e. The zero-order valence-electron chi connectivity index (χ0n) is 13.4.